The van der Waals surface area contributed by atoms with E-state index in [2.05, 4.69) is 10.3 Å². The zero-order valence-electron chi connectivity index (χ0n) is 15.2. The number of aromatic nitrogens is 1. The first-order valence-electron chi connectivity index (χ1n) is 8.87. The highest BCUT2D eigenvalue weighted by Crippen LogP contribution is 2.41. The summed E-state index contributed by atoms with van der Waals surface area (Å²) in [6, 6.07) is 10.8. The lowest BCUT2D eigenvalue weighted by Crippen LogP contribution is -2.50. The molecule has 1 aliphatic rings. The molecule has 26 heavy (non-hydrogen) atoms. The van der Waals surface area contributed by atoms with Gasteiger partial charge >= 0.3 is 0 Å². The lowest BCUT2D eigenvalue weighted by Gasteiger charge is -2.28. The largest absolute Gasteiger partial charge is 0.349 e. The summed E-state index contributed by atoms with van der Waals surface area (Å²) >= 11 is 0. The maximum atomic E-state index is 13.5. The van der Waals surface area contributed by atoms with Gasteiger partial charge < -0.3 is 5.32 Å². The summed E-state index contributed by atoms with van der Waals surface area (Å²) in [6.07, 6.45) is 3.84. The molecule has 0 aliphatic heterocycles. The third kappa shape index (κ3) is 3.26. The van der Waals surface area contributed by atoms with Gasteiger partial charge in [-0.15, -0.1) is 0 Å². The van der Waals surface area contributed by atoms with Crippen LogP contribution in [0.2, 0.25) is 0 Å². The van der Waals surface area contributed by atoms with Crippen LogP contribution in [0.1, 0.15) is 42.5 Å². The second kappa shape index (κ2) is 7.19. The van der Waals surface area contributed by atoms with Gasteiger partial charge in [-0.2, -0.15) is 0 Å². The van der Waals surface area contributed by atoms with E-state index < -0.39 is 20.5 Å². The van der Waals surface area contributed by atoms with Crippen molar-refractivity contribution in [3.63, 3.8) is 0 Å². The highest BCUT2D eigenvalue weighted by atomic mass is 32.2. The number of rotatable bonds is 5. The number of benzene rings is 1. The normalized spacial score (nSPS) is 16.4. The number of aryl methyl sites for hydroxylation is 2. The Kier molecular flexibility index (Phi) is 5.14. The maximum absolute atomic E-state index is 13.5. The summed E-state index contributed by atoms with van der Waals surface area (Å²) in [6.45, 7) is 3.87. The van der Waals surface area contributed by atoms with Gasteiger partial charge in [0.15, 0.2) is 14.6 Å². The summed E-state index contributed by atoms with van der Waals surface area (Å²) < 4.78 is 25.6. The number of carbonyl (C=O) groups excluding carboxylic acids is 1. The standard InChI is InChI=1S/C20H24N2O3S/c1-15-8-9-16(2)18(13-15)26(24,25)20(10-4-5-11-20)19(23)22-14-17-7-3-6-12-21-17/h3,6-9,12-13H,4-5,10-11,14H2,1-2H3,(H,22,23). The minimum absolute atomic E-state index is 0.226. The monoisotopic (exact) mass is 372 g/mol. The fraction of sp³-hybridized carbons (Fsp3) is 0.400. The van der Waals surface area contributed by atoms with Crippen molar-refractivity contribution in [3.8, 4) is 0 Å². The molecule has 0 bridgehead atoms. The van der Waals surface area contributed by atoms with Crippen molar-refractivity contribution < 1.29 is 13.2 Å². The number of amides is 1. The molecule has 1 fully saturated rings. The average molecular weight is 372 g/mol. The Morgan fingerprint density at radius 1 is 1.15 bits per heavy atom. The van der Waals surface area contributed by atoms with Gasteiger partial charge in [0.2, 0.25) is 5.91 Å². The Hall–Kier alpha value is -2.21. The van der Waals surface area contributed by atoms with E-state index in [0.717, 1.165) is 18.4 Å². The van der Waals surface area contributed by atoms with Crippen LogP contribution in [0.3, 0.4) is 0 Å². The number of pyridine rings is 1. The maximum Gasteiger partial charge on any atom is 0.242 e. The lowest BCUT2D eigenvalue weighted by atomic mass is 10.1. The van der Waals surface area contributed by atoms with Gasteiger partial charge in [0.1, 0.15) is 0 Å². The third-order valence-corrected chi connectivity index (χ3v) is 7.77. The van der Waals surface area contributed by atoms with E-state index in [1.54, 1.807) is 37.4 Å². The summed E-state index contributed by atoms with van der Waals surface area (Å²) in [7, 11) is -3.79. The molecule has 0 radical (unpaired) electrons. The van der Waals surface area contributed by atoms with Crippen LogP contribution in [0.5, 0.6) is 0 Å². The zero-order valence-corrected chi connectivity index (χ0v) is 16.0. The highest BCUT2D eigenvalue weighted by Gasteiger charge is 2.53. The smallest absolute Gasteiger partial charge is 0.242 e. The fourth-order valence-electron chi connectivity index (χ4n) is 3.61. The highest BCUT2D eigenvalue weighted by molar-refractivity contribution is 7.93. The van der Waals surface area contributed by atoms with Crippen LogP contribution in [0, 0.1) is 13.8 Å². The van der Waals surface area contributed by atoms with E-state index in [-0.39, 0.29) is 11.4 Å². The van der Waals surface area contributed by atoms with E-state index in [4.69, 9.17) is 0 Å². The third-order valence-electron chi connectivity index (χ3n) is 5.13. The Bertz CT molecular complexity index is 902. The molecule has 1 saturated carbocycles. The number of sulfone groups is 1. The Morgan fingerprint density at radius 3 is 2.54 bits per heavy atom. The molecule has 1 aromatic carbocycles. The number of nitrogens with zero attached hydrogens (tertiary/aromatic N) is 1. The van der Waals surface area contributed by atoms with Crippen LogP contribution in [0.25, 0.3) is 0 Å². The second-order valence-electron chi connectivity index (χ2n) is 6.98. The van der Waals surface area contributed by atoms with Crippen molar-refractivity contribution in [1.29, 1.82) is 0 Å². The molecule has 0 unspecified atom stereocenters. The molecule has 3 rings (SSSR count). The molecule has 1 amide bonds. The Labute approximate surface area is 154 Å². The average Bonchev–Trinajstić information content (AvgIpc) is 3.14. The van der Waals surface area contributed by atoms with Crippen LogP contribution < -0.4 is 5.32 Å². The topological polar surface area (TPSA) is 76.1 Å². The molecular weight excluding hydrogens is 348 g/mol. The number of hydrogen-bond donors (Lipinski definition) is 1. The zero-order chi connectivity index (χ0) is 18.8. The predicted molar refractivity (Wildman–Crippen MR) is 100 cm³/mol. The van der Waals surface area contributed by atoms with Crippen LogP contribution >= 0.6 is 0 Å². The van der Waals surface area contributed by atoms with Crippen molar-refractivity contribution in [3.05, 3.63) is 59.4 Å². The quantitative estimate of drug-likeness (QED) is 0.875. The second-order valence-corrected chi connectivity index (χ2v) is 9.21. The summed E-state index contributed by atoms with van der Waals surface area (Å²) in [4.78, 5) is 17.5. The lowest BCUT2D eigenvalue weighted by molar-refractivity contribution is -0.123. The van der Waals surface area contributed by atoms with Crippen molar-refractivity contribution in [2.75, 3.05) is 0 Å². The summed E-state index contributed by atoms with van der Waals surface area (Å²) in [5, 5.41) is 2.81. The molecule has 1 aliphatic carbocycles. The predicted octanol–water partition coefficient (Wildman–Crippen LogP) is 3.10. The first kappa shape index (κ1) is 18.6. The molecule has 0 atom stereocenters. The van der Waals surface area contributed by atoms with Crippen molar-refractivity contribution in [1.82, 2.24) is 10.3 Å². The van der Waals surface area contributed by atoms with Gasteiger partial charge in [-0.05, 0) is 56.0 Å². The molecule has 5 nitrogen and oxygen atoms in total. The van der Waals surface area contributed by atoms with Gasteiger partial charge in [-0.1, -0.05) is 31.0 Å². The van der Waals surface area contributed by atoms with Gasteiger partial charge in [0.25, 0.3) is 0 Å². The minimum atomic E-state index is -3.79. The van der Waals surface area contributed by atoms with Crippen molar-refractivity contribution in [2.24, 2.45) is 0 Å². The first-order chi connectivity index (χ1) is 12.4. The van der Waals surface area contributed by atoms with Crippen molar-refractivity contribution >= 4 is 15.7 Å². The molecule has 6 heteroatoms. The summed E-state index contributed by atoms with van der Waals surface area (Å²) in [5.41, 5.74) is 2.26. The molecule has 138 valence electrons. The van der Waals surface area contributed by atoms with E-state index >= 15 is 0 Å². The molecule has 0 saturated heterocycles. The van der Waals surface area contributed by atoms with Gasteiger partial charge in [0.05, 0.1) is 17.1 Å². The summed E-state index contributed by atoms with van der Waals surface area (Å²) in [5.74, 6) is -0.415. The molecular formula is C20H24N2O3S. The molecule has 2 aromatic rings. The Balaban J connectivity index is 1.94. The minimum Gasteiger partial charge on any atom is -0.349 e. The molecule has 1 heterocycles. The van der Waals surface area contributed by atoms with E-state index in [1.165, 1.54) is 0 Å². The Morgan fingerprint density at radius 2 is 1.88 bits per heavy atom. The number of nitrogens with one attached hydrogen (secondary N) is 1. The molecule has 1 N–H and O–H groups in total. The molecule has 1 aromatic heterocycles. The fourth-order valence-corrected chi connectivity index (χ4v) is 6.00. The van der Waals surface area contributed by atoms with E-state index in [9.17, 15) is 13.2 Å². The van der Waals surface area contributed by atoms with Crippen LogP contribution in [0.15, 0.2) is 47.5 Å². The van der Waals surface area contributed by atoms with E-state index in [0.29, 0.717) is 24.1 Å². The van der Waals surface area contributed by atoms with Crippen molar-refractivity contribution in [2.45, 2.75) is 55.7 Å². The van der Waals surface area contributed by atoms with Crippen LogP contribution in [-0.2, 0) is 21.2 Å². The number of carbonyl (C=O) groups is 1. The van der Waals surface area contributed by atoms with Crippen LogP contribution in [-0.4, -0.2) is 24.1 Å². The first-order valence-corrected chi connectivity index (χ1v) is 10.4. The van der Waals surface area contributed by atoms with Gasteiger partial charge in [-0.25, -0.2) is 8.42 Å². The van der Waals surface area contributed by atoms with Crippen LogP contribution in [0.4, 0.5) is 0 Å². The van der Waals surface area contributed by atoms with Gasteiger partial charge in [0, 0.05) is 6.20 Å². The number of hydrogen-bond acceptors (Lipinski definition) is 4. The molecule has 0 spiro atoms. The van der Waals surface area contributed by atoms with Gasteiger partial charge in [-0.3, -0.25) is 9.78 Å². The SMILES string of the molecule is Cc1ccc(C)c(S(=O)(=O)C2(C(=O)NCc3ccccn3)CCCC2)c1. The van der Waals surface area contributed by atoms with E-state index in [1.807, 2.05) is 19.1 Å².